The Labute approximate surface area is 198 Å². The largest absolute Gasteiger partial charge is 0.481 e. The first-order valence-electron chi connectivity index (χ1n) is 12.1. The Balaban J connectivity index is 1.04. The molecule has 7 nitrogen and oxygen atoms in total. The van der Waals surface area contributed by atoms with Gasteiger partial charge in [0.25, 0.3) is 0 Å². The van der Waals surface area contributed by atoms with Crippen LogP contribution in [0.4, 0.5) is 4.79 Å². The Bertz CT molecular complexity index is 1050. The molecular formula is C27H30N2O5. The van der Waals surface area contributed by atoms with Crippen LogP contribution in [0.15, 0.2) is 48.5 Å². The number of carboxylic acid groups (broad SMARTS) is 1. The van der Waals surface area contributed by atoms with E-state index in [4.69, 9.17) is 9.84 Å². The molecule has 3 aliphatic carbocycles. The summed E-state index contributed by atoms with van der Waals surface area (Å²) in [5, 5.41) is 15.0. The van der Waals surface area contributed by atoms with Crippen molar-refractivity contribution in [2.45, 2.75) is 56.5 Å². The molecule has 3 aliphatic rings. The first-order valence-corrected chi connectivity index (χ1v) is 12.1. The summed E-state index contributed by atoms with van der Waals surface area (Å²) >= 11 is 0. The smallest absolute Gasteiger partial charge is 0.407 e. The number of hydrogen-bond acceptors (Lipinski definition) is 4. The summed E-state index contributed by atoms with van der Waals surface area (Å²) in [4.78, 5) is 35.8. The number of hydrogen-bond donors (Lipinski definition) is 3. The number of amides is 2. The van der Waals surface area contributed by atoms with Crippen molar-refractivity contribution in [1.29, 1.82) is 0 Å². The van der Waals surface area contributed by atoms with E-state index in [9.17, 15) is 14.4 Å². The van der Waals surface area contributed by atoms with E-state index in [0.717, 1.165) is 19.3 Å². The van der Waals surface area contributed by atoms with Gasteiger partial charge in [0.15, 0.2) is 0 Å². The zero-order valence-corrected chi connectivity index (χ0v) is 19.0. The van der Waals surface area contributed by atoms with Gasteiger partial charge in [0.1, 0.15) is 6.61 Å². The maximum Gasteiger partial charge on any atom is 0.407 e. The normalized spacial score (nSPS) is 25.1. The van der Waals surface area contributed by atoms with Crippen LogP contribution in [0.25, 0.3) is 11.1 Å². The number of benzene rings is 2. The molecule has 0 bridgehead atoms. The molecule has 0 aliphatic heterocycles. The van der Waals surface area contributed by atoms with E-state index in [0.29, 0.717) is 19.3 Å². The minimum Gasteiger partial charge on any atom is -0.481 e. The molecule has 7 heteroatoms. The summed E-state index contributed by atoms with van der Waals surface area (Å²) in [6, 6.07) is 16.5. The summed E-state index contributed by atoms with van der Waals surface area (Å²) in [6.07, 6.45) is 3.35. The van der Waals surface area contributed by atoms with Gasteiger partial charge < -0.3 is 20.5 Å². The number of fused-ring (bicyclic) bond motifs is 3. The Kier molecular flexibility index (Phi) is 6.26. The van der Waals surface area contributed by atoms with Crippen molar-refractivity contribution in [3.8, 4) is 11.1 Å². The van der Waals surface area contributed by atoms with E-state index in [1.165, 1.54) is 22.3 Å². The summed E-state index contributed by atoms with van der Waals surface area (Å²) < 4.78 is 5.60. The van der Waals surface area contributed by atoms with Crippen molar-refractivity contribution >= 4 is 18.0 Å². The highest BCUT2D eigenvalue weighted by atomic mass is 16.5. The van der Waals surface area contributed by atoms with Gasteiger partial charge in [-0.2, -0.15) is 0 Å². The van der Waals surface area contributed by atoms with Crippen molar-refractivity contribution in [3.63, 3.8) is 0 Å². The predicted molar refractivity (Wildman–Crippen MR) is 126 cm³/mol. The number of carbonyl (C=O) groups is 3. The molecule has 0 spiro atoms. The van der Waals surface area contributed by atoms with Crippen LogP contribution in [0.3, 0.4) is 0 Å². The van der Waals surface area contributed by atoms with Crippen molar-refractivity contribution in [2.75, 3.05) is 6.61 Å². The lowest BCUT2D eigenvalue weighted by atomic mass is 9.78. The molecule has 0 aromatic heterocycles. The van der Waals surface area contributed by atoms with Gasteiger partial charge in [-0.25, -0.2) is 4.79 Å². The molecule has 2 amide bonds. The monoisotopic (exact) mass is 462 g/mol. The standard InChI is InChI=1S/C27H30N2O5/c30-25(28-18-10-9-17(14-18)26(31)32)13-16-11-19(12-16)29-27(33)34-15-24-22-7-3-1-5-20(22)21-6-2-4-8-23(21)24/h1-8,16-19,24H,9-15H2,(H,28,30)(H,29,33)(H,31,32)/t16?,17-,18+,19?/m1/s1. The third-order valence-corrected chi connectivity index (χ3v) is 7.52. The van der Waals surface area contributed by atoms with Crippen LogP contribution in [0.2, 0.25) is 0 Å². The third-order valence-electron chi connectivity index (χ3n) is 7.52. The fraction of sp³-hybridized carbons (Fsp3) is 0.444. The molecule has 2 aromatic rings. The lowest BCUT2D eigenvalue weighted by Gasteiger charge is -2.35. The zero-order chi connectivity index (χ0) is 23.7. The number of alkyl carbamates (subject to hydrolysis) is 1. The maximum atomic E-state index is 12.4. The van der Waals surface area contributed by atoms with Crippen molar-refractivity contribution < 1.29 is 24.2 Å². The lowest BCUT2D eigenvalue weighted by molar-refractivity contribution is -0.141. The fourth-order valence-electron chi connectivity index (χ4n) is 5.71. The third kappa shape index (κ3) is 4.65. The number of carboxylic acids is 1. The second kappa shape index (κ2) is 9.49. The molecule has 178 valence electrons. The van der Waals surface area contributed by atoms with Crippen molar-refractivity contribution in [3.05, 3.63) is 59.7 Å². The highest BCUT2D eigenvalue weighted by Crippen LogP contribution is 2.44. The number of nitrogens with one attached hydrogen (secondary N) is 2. The average molecular weight is 463 g/mol. The van der Waals surface area contributed by atoms with Crippen molar-refractivity contribution in [2.24, 2.45) is 11.8 Å². The van der Waals surface area contributed by atoms with Crippen molar-refractivity contribution in [1.82, 2.24) is 10.6 Å². The van der Waals surface area contributed by atoms with Gasteiger partial charge in [0, 0.05) is 24.4 Å². The topological polar surface area (TPSA) is 105 Å². The van der Waals surface area contributed by atoms with Gasteiger partial charge in [-0.05, 0) is 60.3 Å². The van der Waals surface area contributed by atoms with E-state index >= 15 is 0 Å². The SMILES string of the molecule is O=C(CC1CC(NC(=O)OCC2c3ccccc3-c3ccccc32)C1)N[C@H]1CC[C@@H](C(=O)O)C1. The van der Waals surface area contributed by atoms with Gasteiger partial charge in [0.2, 0.25) is 5.91 Å². The molecule has 0 saturated heterocycles. The molecule has 34 heavy (non-hydrogen) atoms. The van der Waals surface area contributed by atoms with Crippen LogP contribution in [-0.2, 0) is 14.3 Å². The molecule has 0 heterocycles. The minimum absolute atomic E-state index is 0.0244. The molecule has 5 rings (SSSR count). The Morgan fingerprint density at radius 1 is 0.853 bits per heavy atom. The van der Waals surface area contributed by atoms with Crippen LogP contribution in [-0.4, -0.2) is 41.8 Å². The van der Waals surface area contributed by atoms with E-state index in [-0.39, 0.29) is 42.4 Å². The summed E-state index contributed by atoms with van der Waals surface area (Å²) in [5.74, 6) is -0.888. The molecule has 3 N–H and O–H groups in total. The molecule has 0 radical (unpaired) electrons. The molecule has 2 saturated carbocycles. The lowest BCUT2D eigenvalue weighted by Crippen LogP contribution is -2.46. The number of aliphatic carboxylic acids is 1. The van der Waals surface area contributed by atoms with Crippen LogP contribution in [0, 0.1) is 11.8 Å². The summed E-state index contributed by atoms with van der Waals surface area (Å²) in [6.45, 7) is 0.289. The Morgan fingerprint density at radius 2 is 1.50 bits per heavy atom. The fourth-order valence-corrected chi connectivity index (χ4v) is 5.71. The first-order chi connectivity index (χ1) is 16.5. The van der Waals surface area contributed by atoms with E-state index < -0.39 is 12.1 Å². The van der Waals surface area contributed by atoms with E-state index in [1.54, 1.807) is 0 Å². The Hall–Kier alpha value is -3.35. The second-order valence-electron chi connectivity index (χ2n) is 9.82. The Morgan fingerprint density at radius 3 is 2.12 bits per heavy atom. The molecule has 2 fully saturated rings. The van der Waals surface area contributed by atoms with Gasteiger partial charge in [-0.15, -0.1) is 0 Å². The minimum atomic E-state index is -0.780. The molecular weight excluding hydrogens is 432 g/mol. The van der Waals surface area contributed by atoms with Crippen LogP contribution in [0.1, 0.15) is 55.6 Å². The zero-order valence-electron chi connectivity index (χ0n) is 19.0. The quantitative estimate of drug-likeness (QED) is 0.576. The number of rotatable bonds is 7. The second-order valence-corrected chi connectivity index (χ2v) is 9.82. The van der Waals surface area contributed by atoms with Crippen LogP contribution in [0.5, 0.6) is 0 Å². The van der Waals surface area contributed by atoms with Crippen LogP contribution < -0.4 is 10.6 Å². The first kappa shape index (κ1) is 22.4. The predicted octanol–water partition coefficient (Wildman–Crippen LogP) is 4.06. The highest BCUT2D eigenvalue weighted by Gasteiger charge is 2.35. The van der Waals surface area contributed by atoms with E-state index in [1.807, 2.05) is 24.3 Å². The van der Waals surface area contributed by atoms with E-state index in [2.05, 4.69) is 34.9 Å². The maximum absolute atomic E-state index is 12.4. The number of ether oxygens (including phenoxy) is 1. The summed E-state index contributed by atoms with van der Waals surface area (Å²) in [7, 11) is 0. The van der Waals surface area contributed by atoms with Gasteiger partial charge in [0.05, 0.1) is 5.92 Å². The number of carbonyl (C=O) groups excluding carboxylic acids is 2. The van der Waals surface area contributed by atoms with Gasteiger partial charge in [-0.3, -0.25) is 9.59 Å². The molecule has 2 aromatic carbocycles. The van der Waals surface area contributed by atoms with Crippen LogP contribution >= 0.6 is 0 Å². The highest BCUT2D eigenvalue weighted by molar-refractivity contribution is 5.79. The van der Waals surface area contributed by atoms with Gasteiger partial charge >= 0.3 is 12.1 Å². The molecule has 0 unspecified atom stereocenters. The van der Waals surface area contributed by atoms with Gasteiger partial charge in [-0.1, -0.05) is 48.5 Å². The molecule has 2 atom stereocenters. The average Bonchev–Trinajstić information content (AvgIpc) is 3.39. The summed E-state index contributed by atoms with van der Waals surface area (Å²) in [5.41, 5.74) is 4.76.